The second kappa shape index (κ2) is 32.7. The van der Waals surface area contributed by atoms with E-state index >= 15 is 0 Å². The van der Waals surface area contributed by atoms with Gasteiger partial charge in [0.15, 0.2) is 0 Å². The highest BCUT2D eigenvalue weighted by Gasteiger charge is 2.24. The quantitative estimate of drug-likeness (QED) is 0.0363. The molecule has 0 aromatic carbocycles. The molecule has 0 aliphatic carbocycles. The molecule has 0 radical (unpaired) electrons. The predicted octanol–water partition coefficient (Wildman–Crippen LogP) is 10.8. The number of carbonyl (C=O) groups excluding carboxylic acids is 1. The smallest absolute Gasteiger partial charge is 0.267 e. The number of aliphatic hydroxyl groups is 1. The number of carbonyl (C=O) groups is 1. The van der Waals surface area contributed by atoms with Crippen molar-refractivity contribution in [1.82, 2.24) is 5.32 Å². The Balaban J connectivity index is 3.98. The Kier molecular flexibility index (Phi) is 31.9. The zero-order valence-corrected chi connectivity index (χ0v) is 30.3. The molecule has 3 N–H and O–H groups in total. The molecule has 0 aliphatic heterocycles. The molecule has 7 heteroatoms. The SMILES string of the molecule is CCCCCCCCCC/C=C/CC/C=C/C(O)C(CS(=O)(=O)O)NC(=O)CCCCCCCCCCCCCCCCCC. The highest BCUT2D eigenvalue weighted by atomic mass is 32.2. The highest BCUT2D eigenvalue weighted by molar-refractivity contribution is 7.85. The van der Waals surface area contributed by atoms with Crippen molar-refractivity contribution in [3.8, 4) is 0 Å². The summed E-state index contributed by atoms with van der Waals surface area (Å²) in [5.74, 6) is -0.993. The molecule has 0 bridgehead atoms. The monoisotopic (exact) mass is 656 g/mol. The van der Waals surface area contributed by atoms with E-state index in [1.807, 2.05) is 6.08 Å². The number of allylic oxidation sites excluding steroid dienone is 3. The van der Waals surface area contributed by atoms with Gasteiger partial charge in [-0.2, -0.15) is 8.42 Å². The molecule has 1 amide bonds. The summed E-state index contributed by atoms with van der Waals surface area (Å²) in [5, 5.41) is 13.2. The number of hydrogen-bond donors (Lipinski definition) is 3. The Morgan fingerprint density at radius 1 is 0.578 bits per heavy atom. The van der Waals surface area contributed by atoms with Crippen LogP contribution in [0.3, 0.4) is 0 Å². The molecule has 6 nitrogen and oxygen atoms in total. The molecule has 266 valence electrons. The van der Waals surface area contributed by atoms with Crippen molar-refractivity contribution in [1.29, 1.82) is 0 Å². The number of rotatable bonds is 34. The van der Waals surface area contributed by atoms with E-state index in [0.717, 1.165) is 38.5 Å². The van der Waals surface area contributed by atoms with Gasteiger partial charge in [-0.3, -0.25) is 9.35 Å². The van der Waals surface area contributed by atoms with Crippen LogP contribution in [0.1, 0.15) is 194 Å². The van der Waals surface area contributed by atoms with E-state index < -0.39 is 28.0 Å². The molecule has 0 aromatic rings. The van der Waals surface area contributed by atoms with Crippen LogP contribution in [0.25, 0.3) is 0 Å². The van der Waals surface area contributed by atoms with Gasteiger partial charge < -0.3 is 10.4 Å². The van der Waals surface area contributed by atoms with Crippen molar-refractivity contribution in [2.45, 2.75) is 206 Å². The van der Waals surface area contributed by atoms with Crippen molar-refractivity contribution in [3.05, 3.63) is 24.3 Å². The number of hydrogen-bond acceptors (Lipinski definition) is 4. The van der Waals surface area contributed by atoms with E-state index in [0.29, 0.717) is 6.42 Å². The third-order valence-corrected chi connectivity index (χ3v) is 9.41. The summed E-state index contributed by atoms with van der Waals surface area (Å²) in [6.45, 7) is 4.51. The zero-order valence-electron chi connectivity index (χ0n) is 29.5. The van der Waals surface area contributed by atoms with Gasteiger partial charge in [0.25, 0.3) is 10.1 Å². The maximum absolute atomic E-state index is 12.5. The third kappa shape index (κ3) is 34.0. The first-order valence-corrected chi connectivity index (χ1v) is 20.6. The molecule has 45 heavy (non-hydrogen) atoms. The lowest BCUT2D eigenvalue weighted by molar-refractivity contribution is -0.122. The minimum atomic E-state index is -4.34. The molecule has 2 unspecified atom stereocenters. The van der Waals surface area contributed by atoms with Crippen molar-refractivity contribution in [3.63, 3.8) is 0 Å². The highest BCUT2D eigenvalue weighted by Crippen LogP contribution is 2.14. The normalized spacial score (nSPS) is 13.6. The largest absolute Gasteiger partial charge is 0.387 e. The first-order valence-electron chi connectivity index (χ1n) is 19.0. The average molecular weight is 656 g/mol. The van der Waals surface area contributed by atoms with E-state index in [2.05, 4.69) is 31.3 Å². The minimum Gasteiger partial charge on any atom is -0.387 e. The van der Waals surface area contributed by atoms with Gasteiger partial charge in [-0.25, -0.2) is 0 Å². The molecule has 0 saturated heterocycles. The van der Waals surface area contributed by atoms with Gasteiger partial charge in [-0.05, 0) is 32.1 Å². The van der Waals surface area contributed by atoms with Crippen molar-refractivity contribution in [2.75, 3.05) is 5.75 Å². The molecular formula is C38H73NO5S. The van der Waals surface area contributed by atoms with Gasteiger partial charge in [-0.1, -0.05) is 179 Å². The standard InChI is InChI=1S/C38H73NO5S/c1-3-5-7-9-11-13-15-17-19-20-22-24-26-28-30-32-34-38(41)39-36(35-45(42,43)44)37(40)33-31-29-27-25-23-21-18-16-14-12-10-8-6-4-2/h23,25,31,33,36-37,40H,3-22,24,26-30,32,34-35H2,1-2H3,(H,39,41)(H,42,43,44)/b25-23+,33-31+. The average Bonchev–Trinajstić information content (AvgIpc) is 3.00. The van der Waals surface area contributed by atoms with Gasteiger partial charge in [0.05, 0.1) is 17.9 Å². The molecule has 0 aliphatic rings. The van der Waals surface area contributed by atoms with E-state index in [9.17, 15) is 22.9 Å². The first-order chi connectivity index (χ1) is 21.8. The molecule has 0 saturated carbocycles. The number of nitrogens with one attached hydrogen (secondary N) is 1. The maximum Gasteiger partial charge on any atom is 0.267 e. The van der Waals surface area contributed by atoms with E-state index in [1.165, 1.54) is 141 Å². The summed E-state index contributed by atoms with van der Waals surface area (Å²) >= 11 is 0. The van der Waals surface area contributed by atoms with Crippen LogP contribution in [0.15, 0.2) is 24.3 Å². The number of aliphatic hydroxyl groups excluding tert-OH is 1. The Morgan fingerprint density at radius 2 is 0.956 bits per heavy atom. The fourth-order valence-corrected chi connectivity index (χ4v) is 6.49. The Hall–Kier alpha value is -1.18. The second-order valence-corrected chi connectivity index (χ2v) is 14.7. The summed E-state index contributed by atoms with van der Waals surface area (Å²) in [6.07, 6.45) is 40.2. The fraction of sp³-hybridized carbons (Fsp3) is 0.868. The Labute approximate surface area is 279 Å². The minimum absolute atomic E-state index is 0.287. The third-order valence-electron chi connectivity index (χ3n) is 8.63. The summed E-state index contributed by atoms with van der Waals surface area (Å²) in [5.41, 5.74) is 0. The lowest BCUT2D eigenvalue weighted by Crippen LogP contribution is -2.46. The van der Waals surface area contributed by atoms with Crippen molar-refractivity contribution < 1.29 is 22.9 Å². The molecule has 0 spiro atoms. The van der Waals surface area contributed by atoms with Gasteiger partial charge in [0.2, 0.25) is 5.91 Å². The molecule has 0 rings (SSSR count). The second-order valence-electron chi connectivity index (χ2n) is 13.2. The van der Waals surface area contributed by atoms with Gasteiger partial charge >= 0.3 is 0 Å². The van der Waals surface area contributed by atoms with Crippen LogP contribution in [0.4, 0.5) is 0 Å². The molecule has 0 aromatic heterocycles. The topological polar surface area (TPSA) is 104 Å². The van der Waals surface area contributed by atoms with Crippen LogP contribution in [-0.2, 0) is 14.9 Å². The van der Waals surface area contributed by atoms with Gasteiger partial charge in [-0.15, -0.1) is 0 Å². The van der Waals surface area contributed by atoms with Crippen LogP contribution in [0, 0.1) is 0 Å². The molecule has 0 heterocycles. The van der Waals surface area contributed by atoms with E-state index in [-0.39, 0.29) is 5.91 Å². The van der Waals surface area contributed by atoms with Crippen LogP contribution in [-0.4, -0.2) is 41.9 Å². The zero-order chi connectivity index (χ0) is 33.3. The lowest BCUT2D eigenvalue weighted by Gasteiger charge is -2.21. The first kappa shape index (κ1) is 43.8. The molecule has 0 fully saturated rings. The lowest BCUT2D eigenvalue weighted by atomic mass is 10.0. The summed E-state index contributed by atoms with van der Waals surface area (Å²) < 4.78 is 32.4. The Morgan fingerprint density at radius 3 is 1.40 bits per heavy atom. The molecular weight excluding hydrogens is 582 g/mol. The fourth-order valence-electron chi connectivity index (χ4n) is 5.76. The van der Waals surface area contributed by atoms with Crippen LogP contribution < -0.4 is 5.32 Å². The van der Waals surface area contributed by atoms with Crippen LogP contribution in [0.5, 0.6) is 0 Å². The molecule has 2 atom stereocenters. The van der Waals surface area contributed by atoms with Gasteiger partial charge in [0.1, 0.15) is 0 Å². The Bertz CT molecular complexity index is 811. The van der Waals surface area contributed by atoms with Crippen molar-refractivity contribution in [2.24, 2.45) is 0 Å². The van der Waals surface area contributed by atoms with Gasteiger partial charge in [0, 0.05) is 6.42 Å². The maximum atomic E-state index is 12.5. The summed E-state index contributed by atoms with van der Waals surface area (Å²) in [6, 6.07) is -1.07. The van der Waals surface area contributed by atoms with E-state index in [1.54, 1.807) is 0 Å². The number of unbranched alkanes of at least 4 members (excludes halogenated alkanes) is 24. The van der Waals surface area contributed by atoms with Crippen LogP contribution >= 0.6 is 0 Å². The van der Waals surface area contributed by atoms with Crippen molar-refractivity contribution >= 4 is 16.0 Å². The summed E-state index contributed by atoms with van der Waals surface area (Å²) in [7, 11) is -4.34. The summed E-state index contributed by atoms with van der Waals surface area (Å²) in [4.78, 5) is 12.5. The van der Waals surface area contributed by atoms with Crippen LogP contribution in [0.2, 0.25) is 0 Å². The van der Waals surface area contributed by atoms with E-state index in [4.69, 9.17) is 0 Å². The predicted molar refractivity (Wildman–Crippen MR) is 193 cm³/mol. The number of amides is 1.